The number of hydrogen-bond donors (Lipinski definition) is 1. The molecule has 2 N–H and O–H groups in total. The van der Waals surface area contributed by atoms with Crippen molar-refractivity contribution in [3.8, 4) is 5.75 Å². The zero-order valence-corrected chi connectivity index (χ0v) is 12.9. The summed E-state index contributed by atoms with van der Waals surface area (Å²) in [5.74, 6) is 1.21. The van der Waals surface area contributed by atoms with Gasteiger partial charge in [-0.1, -0.05) is 0 Å². The van der Waals surface area contributed by atoms with Crippen LogP contribution < -0.4 is 10.5 Å². The van der Waals surface area contributed by atoms with E-state index in [-0.39, 0.29) is 6.04 Å². The maximum Gasteiger partial charge on any atom is 0.243 e. The third kappa shape index (κ3) is 3.56. The predicted molar refractivity (Wildman–Crippen MR) is 80.6 cm³/mol. The Morgan fingerprint density at radius 3 is 2.33 bits per heavy atom. The molecule has 0 unspecified atom stereocenters. The van der Waals surface area contributed by atoms with Crippen molar-refractivity contribution < 1.29 is 13.2 Å². The Kier molecular flexibility index (Phi) is 4.19. The van der Waals surface area contributed by atoms with E-state index < -0.39 is 10.0 Å². The largest absolute Gasteiger partial charge is 0.492 e. The Balaban J connectivity index is 1.75. The van der Waals surface area contributed by atoms with Crippen molar-refractivity contribution in [1.82, 2.24) is 4.31 Å². The minimum atomic E-state index is -3.38. The van der Waals surface area contributed by atoms with E-state index in [4.69, 9.17) is 10.5 Å². The number of rotatable bonds is 8. The molecule has 1 aromatic carbocycles. The summed E-state index contributed by atoms with van der Waals surface area (Å²) in [5, 5.41) is 0. The second-order valence-electron chi connectivity index (χ2n) is 5.86. The van der Waals surface area contributed by atoms with E-state index in [0.717, 1.165) is 25.7 Å². The van der Waals surface area contributed by atoms with E-state index in [1.165, 1.54) is 0 Å². The van der Waals surface area contributed by atoms with Gasteiger partial charge >= 0.3 is 0 Å². The molecule has 2 fully saturated rings. The third-order valence-corrected chi connectivity index (χ3v) is 5.84. The van der Waals surface area contributed by atoms with Gasteiger partial charge in [-0.05, 0) is 55.9 Å². The molecule has 0 bridgehead atoms. The van der Waals surface area contributed by atoms with Crippen molar-refractivity contribution in [3.05, 3.63) is 24.3 Å². The average Bonchev–Trinajstić information content (AvgIpc) is 3.36. The molecule has 2 aliphatic rings. The molecule has 0 heterocycles. The number of sulfonamides is 1. The van der Waals surface area contributed by atoms with Crippen LogP contribution in [-0.2, 0) is 10.0 Å². The third-order valence-electron chi connectivity index (χ3n) is 3.91. The summed E-state index contributed by atoms with van der Waals surface area (Å²) in [4.78, 5) is 0.357. The van der Waals surface area contributed by atoms with Crippen LogP contribution in [0.2, 0.25) is 0 Å². The van der Waals surface area contributed by atoms with Gasteiger partial charge in [0.05, 0.1) is 4.90 Å². The maximum absolute atomic E-state index is 12.8. The van der Waals surface area contributed by atoms with E-state index in [1.54, 1.807) is 28.6 Å². The first-order valence-corrected chi connectivity index (χ1v) is 9.00. The molecule has 116 valence electrons. The first kappa shape index (κ1) is 14.8. The van der Waals surface area contributed by atoms with Crippen molar-refractivity contribution in [2.45, 2.75) is 36.6 Å². The van der Waals surface area contributed by atoms with Gasteiger partial charge in [0.2, 0.25) is 10.0 Å². The number of nitrogens with two attached hydrogens (primary N) is 1. The quantitative estimate of drug-likeness (QED) is 0.791. The van der Waals surface area contributed by atoms with E-state index in [9.17, 15) is 8.42 Å². The van der Waals surface area contributed by atoms with Gasteiger partial charge in [0.1, 0.15) is 12.4 Å². The first-order chi connectivity index (χ1) is 10.1. The lowest BCUT2D eigenvalue weighted by molar-refractivity contribution is 0.328. The summed E-state index contributed by atoms with van der Waals surface area (Å²) in [5.41, 5.74) is 5.38. The molecule has 0 saturated heterocycles. The Morgan fingerprint density at radius 2 is 1.81 bits per heavy atom. The Labute approximate surface area is 126 Å². The molecular weight excluding hydrogens is 288 g/mol. The minimum absolute atomic E-state index is 0.212. The van der Waals surface area contributed by atoms with Gasteiger partial charge in [-0.25, -0.2) is 8.42 Å². The second kappa shape index (κ2) is 5.94. The normalized spacial score (nSPS) is 19.0. The molecule has 5 nitrogen and oxygen atoms in total. The molecule has 0 atom stereocenters. The van der Waals surface area contributed by atoms with Gasteiger partial charge in [0.15, 0.2) is 0 Å². The van der Waals surface area contributed by atoms with Crippen molar-refractivity contribution in [2.75, 3.05) is 19.7 Å². The van der Waals surface area contributed by atoms with Crippen molar-refractivity contribution in [3.63, 3.8) is 0 Å². The summed E-state index contributed by atoms with van der Waals surface area (Å²) in [6.07, 6.45) is 4.29. The fraction of sp³-hybridized carbons (Fsp3) is 0.600. The van der Waals surface area contributed by atoms with Crippen molar-refractivity contribution in [2.24, 2.45) is 11.7 Å². The van der Waals surface area contributed by atoms with Gasteiger partial charge < -0.3 is 10.5 Å². The average molecular weight is 310 g/mol. The molecule has 21 heavy (non-hydrogen) atoms. The highest BCUT2D eigenvalue weighted by Crippen LogP contribution is 2.38. The molecule has 3 rings (SSSR count). The van der Waals surface area contributed by atoms with Gasteiger partial charge in [0, 0.05) is 19.1 Å². The van der Waals surface area contributed by atoms with E-state index in [2.05, 4.69) is 0 Å². The van der Waals surface area contributed by atoms with Crippen LogP contribution in [0.4, 0.5) is 0 Å². The molecule has 0 spiro atoms. The summed E-state index contributed by atoms with van der Waals surface area (Å²) in [6, 6.07) is 6.87. The maximum atomic E-state index is 12.8. The van der Waals surface area contributed by atoms with Crippen LogP contribution in [0.5, 0.6) is 5.75 Å². The number of benzene rings is 1. The lowest BCUT2D eigenvalue weighted by Crippen LogP contribution is -2.34. The molecule has 6 heteroatoms. The highest BCUT2D eigenvalue weighted by Gasteiger charge is 2.41. The summed E-state index contributed by atoms with van der Waals surface area (Å²) in [6.45, 7) is 1.55. The van der Waals surface area contributed by atoms with E-state index in [0.29, 0.717) is 36.3 Å². The smallest absolute Gasteiger partial charge is 0.243 e. The van der Waals surface area contributed by atoms with Crippen LogP contribution in [0.15, 0.2) is 29.2 Å². The van der Waals surface area contributed by atoms with Crippen LogP contribution in [0.25, 0.3) is 0 Å². The molecule has 1 aromatic rings. The second-order valence-corrected chi connectivity index (χ2v) is 7.75. The molecule has 0 aliphatic heterocycles. The SMILES string of the molecule is NCCOc1ccc(S(=O)(=O)N(CC2CC2)C2CC2)cc1. The standard InChI is InChI=1S/C15H22N2O3S/c16-9-10-20-14-5-7-15(8-6-14)21(18,19)17(13-3-4-13)11-12-1-2-12/h5-8,12-13H,1-4,9-11,16H2. The fourth-order valence-corrected chi connectivity index (χ4v) is 4.14. The van der Waals surface area contributed by atoms with Gasteiger partial charge in [-0.15, -0.1) is 0 Å². The summed E-state index contributed by atoms with van der Waals surface area (Å²) >= 11 is 0. The lowest BCUT2D eigenvalue weighted by atomic mass is 10.3. The van der Waals surface area contributed by atoms with Crippen LogP contribution in [-0.4, -0.2) is 38.5 Å². The van der Waals surface area contributed by atoms with Gasteiger partial charge in [0.25, 0.3) is 0 Å². The Hall–Kier alpha value is -1.11. The van der Waals surface area contributed by atoms with Gasteiger partial charge in [-0.3, -0.25) is 0 Å². The minimum Gasteiger partial charge on any atom is -0.492 e. The fourth-order valence-electron chi connectivity index (χ4n) is 2.38. The highest BCUT2D eigenvalue weighted by molar-refractivity contribution is 7.89. The predicted octanol–water partition coefficient (Wildman–Crippen LogP) is 1.59. The molecular formula is C15H22N2O3S. The van der Waals surface area contributed by atoms with Crippen LogP contribution in [0, 0.1) is 5.92 Å². The molecule has 2 aliphatic carbocycles. The monoisotopic (exact) mass is 310 g/mol. The Morgan fingerprint density at radius 1 is 1.14 bits per heavy atom. The topological polar surface area (TPSA) is 72.6 Å². The van der Waals surface area contributed by atoms with Crippen molar-refractivity contribution in [1.29, 1.82) is 0 Å². The molecule has 0 radical (unpaired) electrons. The van der Waals surface area contributed by atoms with Crippen LogP contribution in [0.1, 0.15) is 25.7 Å². The zero-order valence-electron chi connectivity index (χ0n) is 12.1. The Bertz CT molecular complexity index is 577. The highest BCUT2D eigenvalue weighted by atomic mass is 32.2. The van der Waals surface area contributed by atoms with Crippen LogP contribution >= 0.6 is 0 Å². The molecule has 0 amide bonds. The zero-order chi connectivity index (χ0) is 14.9. The summed E-state index contributed by atoms with van der Waals surface area (Å²) < 4.78 is 32.6. The summed E-state index contributed by atoms with van der Waals surface area (Å²) in [7, 11) is -3.38. The van der Waals surface area contributed by atoms with Crippen LogP contribution in [0.3, 0.4) is 0 Å². The number of ether oxygens (including phenoxy) is 1. The number of nitrogens with zero attached hydrogens (tertiary/aromatic N) is 1. The molecule has 0 aromatic heterocycles. The van der Waals surface area contributed by atoms with E-state index in [1.807, 2.05) is 0 Å². The lowest BCUT2D eigenvalue weighted by Gasteiger charge is -2.22. The van der Waals surface area contributed by atoms with Gasteiger partial charge in [-0.2, -0.15) is 4.31 Å². The van der Waals surface area contributed by atoms with E-state index >= 15 is 0 Å². The number of hydrogen-bond acceptors (Lipinski definition) is 4. The molecule has 2 saturated carbocycles. The van der Waals surface area contributed by atoms with Crippen molar-refractivity contribution >= 4 is 10.0 Å². The first-order valence-electron chi connectivity index (χ1n) is 7.56.